The molecule has 0 N–H and O–H groups in total. The number of hydrogen-bond donors (Lipinski definition) is 0. The molecule has 5 nitrogen and oxygen atoms in total. The maximum Gasteiger partial charge on any atom is 0.254 e. The normalized spacial score (nSPS) is 17.7. The first kappa shape index (κ1) is 17.5. The van der Waals surface area contributed by atoms with Gasteiger partial charge in [0.05, 0.1) is 11.6 Å². The predicted molar refractivity (Wildman–Crippen MR) is 105 cm³/mol. The van der Waals surface area contributed by atoms with Crippen molar-refractivity contribution in [3.8, 4) is 6.07 Å². The molecule has 0 unspecified atom stereocenters. The third-order valence-corrected chi connectivity index (χ3v) is 5.72. The van der Waals surface area contributed by atoms with Crippen LogP contribution in [-0.2, 0) is 0 Å². The maximum absolute atomic E-state index is 12.9. The molecule has 0 atom stereocenters. The monoisotopic (exact) mass is 360 g/mol. The number of anilines is 1. The van der Waals surface area contributed by atoms with Crippen LogP contribution < -0.4 is 4.90 Å². The molecular formula is C22H24N4O. The number of amides is 1. The molecule has 0 spiro atoms. The molecule has 27 heavy (non-hydrogen) atoms. The van der Waals surface area contributed by atoms with Crippen LogP contribution in [0.15, 0.2) is 42.6 Å². The van der Waals surface area contributed by atoms with Gasteiger partial charge in [0.2, 0.25) is 0 Å². The van der Waals surface area contributed by atoms with Crippen molar-refractivity contribution in [3.63, 3.8) is 0 Å². The van der Waals surface area contributed by atoms with Crippen LogP contribution in [0.25, 0.3) is 0 Å². The molecule has 1 amide bonds. The predicted octanol–water partition coefficient (Wildman–Crippen LogP) is 3.57. The Bertz CT molecular complexity index is 841. The number of nitriles is 1. The van der Waals surface area contributed by atoms with Gasteiger partial charge in [-0.25, -0.2) is 4.98 Å². The van der Waals surface area contributed by atoms with Gasteiger partial charge >= 0.3 is 0 Å². The lowest BCUT2D eigenvalue weighted by atomic mass is 9.89. The summed E-state index contributed by atoms with van der Waals surface area (Å²) in [4.78, 5) is 21.6. The van der Waals surface area contributed by atoms with Crippen LogP contribution in [0.3, 0.4) is 0 Å². The third-order valence-electron chi connectivity index (χ3n) is 5.72. The second-order valence-electron chi connectivity index (χ2n) is 7.40. The Morgan fingerprint density at radius 1 is 1.04 bits per heavy atom. The zero-order valence-corrected chi connectivity index (χ0v) is 15.5. The summed E-state index contributed by atoms with van der Waals surface area (Å²) >= 11 is 0. The number of carbonyl (C=O) groups excluding carboxylic acids is 1. The lowest BCUT2D eigenvalue weighted by Crippen LogP contribution is -2.38. The van der Waals surface area contributed by atoms with Gasteiger partial charge in [-0.1, -0.05) is 12.1 Å². The summed E-state index contributed by atoms with van der Waals surface area (Å²) in [7, 11) is 0. The Morgan fingerprint density at radius 3 is 2.41 bits per heavy atom. The molecule has 2 aromatic rings. The molecule has 0 saturated carbocycles. The topological polar surface area (TPSA) is 60.2 Å². The second-order valence-corrected chi connectivity index (χ2v) is 7.40. The van der Waals surface area contributed by atoms with Gasteiger partial charge in [0.15, 0.2) is 0 Å². The Labute approximate surface area is 160 Å². The Morgan fingerprint density at radius 2 is 1.74 bits per heavy atom. The van der Waals surface area contributed by atoms with Gasteiger partial charge in [-0.2, -0.15) is 5.26 Å². The van der Waals surface area contributed by atoms with Crippen molar-refractivity contribution in [2.75, 3.05) is 31.1 Å². The number of nitrogens with zero attached hydrogens (tertiary/aromatic N) is 4. The number of carbonyl (C=O) groups is 1. The van der Waals surface area contributed by atoms with Crippen molar-refractivity contribution >= 4 is 11.7 Å². The van der Waals surface area contributed by atoms with Crippen molar-refractivity contribution in [1.29, 1.82) is 5.26 Å². The van der Waals surface area contributed by atoms with E-state index in [0.717, 1.165) is 50.4 Å². The first-order valence-corrected chi connectivity index (χ1v) is 9.75. The second kappa shape index (κ2) is 7.79. The summed E-state index contributed by atoms with van der Waals surface area (Å²) in [5, 5.41) is 8.93. The van der Waals surface area contributed by atoms with Crippen LogP contribution >= 0.6 is 0 Å². The molecule has 4 rings (SSSR count). The van der Waals surface area contributed by atoms with Crippen molar-refractivity contribution < 1.29 is 4.79 Å². The van der Waals surface area contributed by atoms with E-state index in [-0.39, 0.29) is 5.91 Å². The van der Waals surface area contributed by atoms with Crippen LogP contribution in [-0.4, -0.2) is 42.0 Å². The molecule has 0 radical (unpaired) electrons. The van der Waals surface area contributed by atoms with E-state index in [1.54, 1.807) is 6.20 Å². The van der Waals surface area contributed by atoms with Crippen LogP contribution in [0.4, 0.5) is 5.82 Å². The molecule has 2 saturated heterocycles. The fraction of sp³-hybridized carbons (Fsp3) is 0.409. The van der Waals surface area contributed by atoms with Gasteiger partial charge in [0.1, 0.15) is 5.82 Å². The van der Waals surface area contributed by atoms with E-state index in [1.807, 2.05) is 41.3 Å². The van der Waals surface area contributed by atoms with Crippen LogP contribution in [0.5, 0.6) is 0 Å². The van der Waals surface area contributed by atoms with Gasteiger partial charge < -0.3 is 9.80 Å². The number of piperidine rings is 1. The van der Waals surface area contributed by atoms with Crippen molar-refractivity contribution in [3.05, 3.63) is 59.3 Å². The van der Waals surface area contributed by atoms with Crippen molar-refractivity contribution in [2.24, 2.45) is 0 Å². The highest BCUT2D eigenvalue weighted by atomic mass is 16.2. The summed E-state index contributed by atoms with van der Waals surface area (Å²) in [6.07, 6.45) is 6.07. The molecule has 2 aliphatic heterocycles. The minimum absolute atomic E-state index is 0.108. The van der Waals surface area contributed by atoms with Crippen molar-refractivity contribution in [2.45, 2.75) is 31.6 Å². The highest BCUT2D eigenvalue weighted by Gasteiger charge is 2.25. The number of rotatable bonds is 3. The van der Waals surface area contributed by atoms with Crippen LogP contribution in [0.1, 0.15) is 53.1 Å². The van der Waals surface area contributed by atoms with Gasteiger partial charge in [-0.15, -0.1) is 0 Å². The minimum Gasteiger partial charge on any atom is -0.357 e. The maximum atomic E-state index is 12.9. The molecule has 5 heteroatoms. The lowest BCUT2D eigenvalue weighted by molar-refractivity contribution is 0.0713. The fourth-order valence-corrected chi connectivity index (χ4v) is 4.10. The van der Waals surface area contributed by atoms with E-state index < -0.39 is 0 Å². The zero-order valence-electron chi connectivity index (χ0n) is 15.5. The summed E-state index contributed by atoms with van der Waals surface area (Å²) < 4.78 is 0. The highest BCUT2D eigenvalue weighted by Crippen LogP contribution is 2.29. The zero-order chi connectivity index (χ0) is 18.6. The average molecular weight is 360 g/mol. The molecule has 2 fully saturated rings. The van der Waals surface area contributed by atoms with Gasteiger partial charge in [0.25, 0.3) is 5.91 Å². The fourth-order valence-electron chi connectivity index (χ4n) is 4.10. The molecule has 0 bridgehead atoms. The number of pyridine rings is 1. The molecule has 1 aromatic heterocycles. The average Bonchev–Trinajstić information content (AvgIpc) is 3.29. The number of likely N-dealkylation sites (tertiary alicyclic amines) is 1. The Kier molecular flexibility index (Phi) is 5.06. The van der Waals surface area contributed by atoms with Crippen LogP contribution in [0, 0.1) is 11.3 Å². The number of benzene rings is 1. The van der Waals surface area contributed by atoms with Gasteiger partial charge in [-0.05, 0) is 61.4 Å². The summed E-state index contributed by atoms with van der Waals surface area (Å²) in [5.41, 5.74) is 2.70. The summed E-state index contributed by atoms with van der Waals surface area (Å²) in [5.74, 6) is 1.49. The molecule has 1 aromatic carbocycles. The molecule has 2 aliphatic rings. The van der Waals surface area contributed by atoms with E-state index >= 15 is 0 Å². The molecule has 3 heterocycles. The van der Waals surface area contributed by atoms with Gasteiger partial charge in [-0.3, -0.25) is 4.79 Å². The lowest BCUT2D eigenvalue weighted by Gasteiger charge is -2.32. The van der Waals surface area contributed by atoms with E-state index in [4.69, 9.17) is 5.26 Å². The minimum atomic E-state index is 0.108. The first-order chi connectivity index (χ1) is 13.2. The standard InChI is InChI=1S/C22H24N4O/c23-16-17-3-5-18(6-4-17)19-8-13-26(14-9-19)22(27)20-7-10-24-21(15-20)25-11-1-2-12-25/h3-7,10,15,19H,1-2,8-9,11-14H2. The van der Waals surface area contributed by atoms with E-state index in [0.29, 0.717) is 11.5 Å². The van der Waals surface area contributed by atoms with E-state index in [9.17, 15) is 4.79 Å². The van der Waals surface area contributed by atoms with Gasteiger partial charge in [0, 0.05) is 37.9 Å². The highest BCUT2D eigenvalue weighted by molar-refractivity contribution is 5.95. The quantitative estimate of drug-likeness (QED) is 0.839. The Hall–Kier alpha value is -2.87. The first-order valence-electron chi connectivity index (χ1n) is 9.75. The SMILES string of the molecule is N#Cc1ccc(C2CCN(C(=O)c3ccnc(N4CCCC4)c3)CC2)cc1. The third kappa shape index (κ3) is 3.80. The van der Waals surface area contributed by atoms with Crippen molar-refractivity contribution in [1.82, 2.24) is 9.88 Å². The molecule has 138 valence electrons. The largest absolute Gasteiger partial charge is 0.357 e. The van der Waals surface area contributed by atoms with E-state index in [1.165, 1.54) is 18.4 Å². The summed E-state index contributed by atoms with van der Waals surface area (Å²) in [6, 6.07) is 13.8. The van der Waals surface area contributed by atoms with Crippen LogP contribution in [0.2, 0.25) is 0 Å². The van der Waals surface area contributed by atoms with E-state index in [2.05, 4.69) is 16.0 Å². The molecular weight excluding hydrogens is 336 g/mol. The summed E-state index contributed by atoms with van der Waals surface area (Å²) in [6.45, 7) is 3.59. The Balaban J connectivity index is 1.39. The number of aromatic nitrogens is 1. The number of hydrogen-bond acceptors (Lipinski definition) is 4. The molecule has 0 aliphatic carbocycles. The smallest absolute Gasteiger partial charge is 0.254 e.